The van der Waals surface area contributed by atoms with Crippen LogP contribution in [0.5, 0.6) is 0 Å². The molecular weight excluding hydrogens is 281 g/mol. The van der Waals surface area contributed by atoms with Gasteiger partial charge in [-0.05, 0) is 29.3 Å². The van der Waals surface area contributed by atoms with Crippen molar-refractivity contribution in [1.29, 1.82) is 0 Å². The summed E-state index contributed by atoms with van der Waals surface area (Å²) in [7, 11) is 1.53. The standard InChI is InChI=1S/C17H16FN3O/c1-3-15-6-4-14(11-21-15)12-5-7-16(18)13(10-12)8-9-22-17(19)20-2/h1,4-7,10-11H,8-9H2,2H3,(H2,19,20). The Bertz CT molecular complexity index is 718. The molecule has 1 heterocycles. The molecule has 0 amide bonds. The van der Waals surface area contributed by atoms with Crippen molar-refractivity contribution < 1.29 is 9.13 Å². The van der Waals surface area contributed by atoms with Crippen molar-refractivity contribution in [3.8, 4) is 23.5 Å². The Labute approximate surface area is 128 Å². The average molecular weight is 297 g/mol. The highest BCUT2D eigenvalue weighted by Gasteiger charge is 2.06. The second-order valence-corrected chi connectivity index (χ2v) is 4.54. The number of hydrogen-bond acceptors (Lipinski definition) is 3. The highest BCUT2D eigenvalue weighted by molar-refractivity contribution is 5.71. The Kier molecular flexibility index (Phi) is 5.10. The number of nitrogens with two attached hydrogens (primary N) is 1. The van der Waals surface area contributed by atoms with Gasteiger partial charge in [0.15, 0.2) is 0 Å². The molecule has 0 bridgehead atoms. The van der Waals surface area contributed by atoms with Gasteiger partial charge >= 0.3 is 0 Å². The number of aromatic nitrogens is 1. The Morgan fingerprint density at radius 1 is 1.36 bits per heavy atom. The van der Waals surface area contributed by atoms with Crippen LogP contribution in [0.4, 0.5) is 4.39 Å². The van der Waals surface area contributed by atoms with Crippen molar-refractivity contribution >= 4 is 6.02 Å². The molecule has 0 saturated carbocycles. The van der Waals surface area contributed by atoms with Crippen LogP contribution < -0.4 is 5.73 Å². The number of aliphatic imine (C=N–C) groups is 1. The van der Waals surface area contributed by atoms with Gasteiger partial charge in [0.1, 0.15) is 11.5 Å². The first-order valence-corrected chi connectivity index (χ1v) is 6.70. The zero-order chi connectivity index (χ0) is 15.9. The molecule has 0 unspecified atom stereocenters. The van der Waals surface area contributed by atoms with Crippen molar-refractivity contribution in [3.05, 3.63) is 53.6 Å². The number of nitrogens with zero attached hydrogens (tertiary/aromatic N) is 2. The van der Waals surface area contributed by atoms with Crippen LogP contribution in [0.15, 0.2) is 41.5 Å². The van der Waals surface area contributed by atoms with Gasteiger partial charge in [0.05, 0.1) is 6.61 Å². The molecule has 0 spiro atoms. The van der Waals surface area contributed by atoms with Crippen LogP contribution in [0.1, 0.15) is 11.3 Å². The number of rotatable bonds is 4. The van der Waals surface area contributed by atoms with E-state index < -0.39 is 0 Å². The van der Waals surface area contributed by atoms with Crippen LogP contribution in [0.3, 0.4) is 0 Å². The lowest BCUT2D eigenvalue weighted by molar-refractivity contribution is 0.301. The summed E-state index contributed by atoms with van der Waals surface area (Å²) >= 11 is 0. The Hall–Kier alpha value is -2.87. The van der Waals surface area contributed by atoms with Crippen LogP contribution in [-0.4, -0.2) is 24.7 Å². The fourth-order valence-electron chi connectivity index (χ4n) is 1.93. The second-order valence-electron chi connectivity index (χ2n) is 4.54. The van der Waals surface area contributed by atoms with Crippen molar-refractivity contribution in [2.45, 2.75) is 6.42 Å². The first-order chi connectivity index (χ1) is 10.6. The highest BCUT2D eigenvalue weighted by Crippen LogP contribution is 2.22. The van der Waals surface area contributed by atoms with Crippen molar-refractivity contribution in [1.82, 2.24) is 4.98 Å². The molecule has 2 N–H and O–H groups in total. The molecule has 112 valence electrons. The smallest absolute Gasteiger partial charge is 0.281 e. The first-order valence-electron chi connectivity index (χ1n) is 6.70. The van der Waals surface area contributed by atoms with Crippen LogP contribution in [0.2, 0.25) is 0 Å². The average Bonchev–Trinajstić information content (AvgIpc) is 2.56. The summed E-state index contributed by atoms with van der Waals surface area (Å²) in [5.41, 5.74) is 8.28. The van der Waals surface area contributed by atoms with E-state index >= 15 is 0 Å². The van der Waals surface area contributed by atoms with E-state index in [9.17, 15) is 4.39 Å². The molecule has 0 fully saturated rings. The fraction of sp³-hybridized carbons (Fsp3) is 0.176. The first kappa shape index (κ1) is 15.5. The van der Waals surface area contributed by atoms with E-state index in [1.807, 2.05) is 6.07 Å². The van der Waals surface area contributed by atoms with Crippen molar-refractivity contribution in [3.63, 3.8) is 0 Å². The quantitative estimate of drug-likeness (QED) is 0.535. The number of hydrogen-bond donors (Lipinski definition) is 1. The lowest BCUT2D eigenvalue weighted by atomic mass is 10.0. The highest BCUT2D eigenvalue weighted by atomic mass is 19.1. The number of benzene rings is 1. The molecule has 0 aliphatic carbocycles. The monoisotopic (exact) mass is 297 g/mol. The molecule has 0 atom stereocenters. The predicted octanol–water partition coefficient (Wildman–Crippen LogP) is 2.37. The lowest BCUT2D eigenvalue weighted by Crippen LogP contribution is -2.17. The third kappa shape index (κ3) is 3.83. The minimum atomic E-state index is -0.285. The number of amidine groups is 1. The molecular formula is C17H16FN3O. The van der Waals surface area contributed by atoms with Crippen LogP contribution in [0, 0.1) is 18.2 Å². The third-order valence-electron chi connectivity index (χ3n) is 3.13. The van der Waals surface area contributed by atoms with E-state index in [2.05, 4.69) is 15.9 Å². The molecule has 1 aromatic carbocycles. The maximum atomic E-state index is 13.9. The molecule has 0 aliphatic heterocycles. The van der Waals surface area contributed by atoms with E-state index in [1.165, 1.54) is 13.1 Å². The zero-order valence-corrected chi connectivity index (χ0v) is 12.2. The summed E-state index contributed by atoms with van der Waals surface area (Å²) < 4.78 is 19.0. The molecule has 2 aromatic rings. The normalized spacial score (nSPS) is 11.0. The lowest BCUT2D eigenvalue weighted by Gasteiger charge is -2.08. The van der Waals surface area contributed by atoms with E-state index in [4.69, 9.17) is 16.9 Å². The zero-order valence-electron chi connectivity index (χ0n) is 12.2. The number of ether oxygens (including phenoxy) is 1. The SMILES string of the molecule is C#Cc1ccc(-c2ccc(F)c(CCOC(N)=NC)c2)cn1. The van der Waals surface area contributed by atoms with E-state index in [-0.39, 0.29) is 18.4 Å². The summed E-state index contributed by atoms with van der Waals surface area (Å²) in [6, 6.07) is 8.60. The number of terminal acetylenes is 1. The van der Waals surface area contributed by atoms with Gasteiger partial charge in [0.2, 0.25) is 0 Å². The van der Waals surface area contributed by atoms with Crippen molar-refractivity contribution in [2.24, 2.45) is 10.7 Å². The minimum absolute atomic E-state index is 0.0886. The molecule has 5 heteroatoms. The van der Waals surface area contributed by atoms with Gasteiger partial charge in [-0.1, -0.05) is 18.1 Å². The van der Waals surface area contributed by atoms with Crippen LogP contribution in [0.25, 0.3) is 11.1 Å². The fourth-order valence-corrected chi connectivity index (χ4v) is 1.93. The number of pyridine rings is 1. The summed E-state index contributed by atoms with van der Waals surface area (Å²) in [6.07, 6.45) is 7.34. The third-order valence-corrected chi connectivity index (χ3v) is 3.13. The van der Waals surface area contributed by atoms with Crippen molar-refractivity contribution in [2.75, 3.05) is 13.7 Å². The van der Waals surface area contributed by atoms with Crippen LogP contribution in [-0.2, 0) is 11.2 Å². The van der Waals surface area contributed by atoms with Gasteiger partial charge in [0.25, 0.3) is 6.02 Å². The second kappa shape index (κ2) is 7.23. The summed E-state index contributed by atoms with van der Waals surface area (Å²) in [4.78, 5) is 7.81. The Morgan fingerprint density at radius 3 is 2.77 bits per heavy atom. The Morgan fingerprint density at radius 2 is 2.14 bits per heavy atom. The predicted molar refractivity (Wildman–Crippen MR) is 84.8 cm³/mol. The molecule has 4 nitrogen and oxygen atoms in total. The molecule has 0 saturated heterocycles. The topological polar surface area (TPSA) is 60.5 Å². The maximum absolute atomic E-state index is 13.9. The maximum Gasteiger partial charge on any atom is 0.281 e. The summed E-state index contributed by atoms with van der Waals surface area (Å²) in [6.45, 7) is 0.262. The van der Waals surface area contributed by atoms with Gasteiger partial charge in [-0.2, -0.15) is 0 Å². The van der Waals surface area contributed by atoms with E-state index in [0.717, 1.165) is 11.1 Å². The molecule has 0 radical (unpaired) electrons. The summed E-state index contributed by atoms with van der Waals surface area (Å²) in [5, 5.41) is 0. The van der Waals surface area contributed by atoms with Gasteiger partial charge in [-0.15, -0.1) is 6.42 Å². The minimum Gasteiger partial charge on any atom is -0.465 e. The molecule has 22 heavy (non-hydrogen) atoms. The van der Waals surface area contributed by atoms with Gasteiger partial charge in [-0.25, -0.2) is 14.4 Å². The van der Waals surface area contributed by atoms with E-state index in [1.54, 1.807) is 24.4 Å². The van der Waals surface area contributed by atoms with Crippen LogP contribution >= 0.6 is 0 Å². The molecule has 0 aliphatic rings. The van der Waals surface area contributed by atoms with E-state index in [0.29, 0.717) is 17.7 Å². The van der Waals surface area contributed by atoms with Gasteiger partial charge in [-0.3, -0.25) is 0 Å². The molecule has 1 aromatic heterocycles. The Balaban J connectivity index is 2.17. The number of halogens is 1. The largest absolute Gasteiger partial charge is 0.465 e. The van der Waals surface area contributed by atoms with Gasteiger partial charge < -0.3 is 10.5 Å². The van der Waals surface area contributed by atoms with Gasteiger partial charge in [0, 0.05) is 25.2 Å². The molecule has 2 rings (SSSR count). The summed E-state index contributed by atoms with van der Waals surface area (Å²) in [5.74, 6) is 2.17.